The van der Waals surface area contributed by atoms with Crippen LogP contribution in [0.25, 0.3) is 11.0 Å². The van der Waals surface area contributed by atoms with Crippen LogP contribution in [-0.4, -0.2) is 19.9 Å². The average molecular weight is 307 g/mol. The Hall–Kier alpha value is -2.64. The van der Waals surface area contributed by atoms with E-state index < -0.39 is 11.9 Å². The second kappa shape index (κ2) is 5.28. The molecule has 0 bridgehead atoms. The number of imidazole rings is 1. The molecule has 0 aliphatic carbocycles. The molecule has 0 radical (unpaired) electrons. The number of aryl methyl sites for hydroxylation is 1. The number of alkyl halides is 3. The van der Waals surface area contributed by atoms with Gasteiger partial charge in [0, 0.05) is 6.20 Å². The quantitative estimate of drug-likeness (QED) is 0.779. The summed E-state index contributed by atoms with van der Waals surface area (Å²) in [5, 5.41) is 2.74. The van der Waals surface area contributed by atoms with Crippen molar-refractivity contribution in [1.29, 1.82) is 0 Å². The predicted molar refractivity (Wildman–Crippen MR) is 75.2 cm³/mol. The number of anilines is 1. The molecular formula is C14H12F3N5. The first-order valence-electron chi connectivity index (χ1n) is 6.52. The number of benzene rings is 1. The highest BCUT2D eigenvalue weighted by Crippen LogP contribution is 2.27. The van der Waals surface area contributed by atoms with Crippen molar-refractivity contribution in [3.05, 3.63) is 47.5 Å². The zero-order chi connectivity index (χ0) is 15.7. The number of fused-ring (bicyclic) bond motifs is 1. The zero-order valence-electron chi connectivity index (χ0n) is 11.6. The van der Waals surface area contributed by atoms with Gasteiger partial charge in [-0.05, 0) is 24.6 Å². The number of rotatable bonds is 3. The average Bonchev–Trinajstić information content (AvgIpc) is 2.89. The first-order valence-corrected chi connectivity index (χ1v) is 6.52. The van der Waals surface area contributed by atoms with Crippen LogP contribution in [0.4, 0.5) is 19.1 Å². The molecule has 0 aliphatic heterocycles. The molecule has 0 saturated heterocycles. The summed E-state index contributed by atoms with van der Waals surface area (Å²) < 4.78 is 37.7. The molecule has 0 saturated carbocycles. The van der Waals surface area contributed by atoms with E-state index in [9.17, 15) is 13.2 Å². The molecule has 5 nitrogen and oxygen atoms in total. The van der Waals surface area contributed by atoms with Gasteiger partial charge in [0.25, 0.3) is 0 Å². The zero-order valence-corrected chi connectivity index (χ0v) is 11.6. The Labute approximate surface area is 123 Å². The SMILES string of the molecule is Cc1cccc2[nH]c(CNc3nccc(C(F)(F)F)n3)nc12. The van der Waals surface area contributed by atoms with Crippen LogP contribution in [0.3, 0.4) is 0 Å². The minimum atomic E-state index is -4.49. The largest absolute Gasteiger partial charge is 0.433 e. The number of hydrogen-bond acceptors (Lipinski definition) is 4. The summed E-state index contributed by atoms with van der Waals surface area (Å²) in [4.78, 5) is 14.7. The minimum Gasteiger partial charge on any atom is -0.347 e. The van der Waals surface area contributed by atoms with Gasteiger partial charge in [0.05, 0.1) is 17.6 Å². The molecule has 8 heteroatoms. The van der Waals surface area contributed by atoms with Crippen molar-refractivity contribution in [2.45, 2.75) is 19.6 Å². The number of hydrogen-bond donors (Lipinski definition) is 2. The molecule has 1 aromatic carbocycles. The summed E-state index contributed by atoms with van der Waals surface area (Å²) >= 11 is 0. The van der Waals surface area contributed by atoms with Crippen molar-refractivity contribution in [2.75, 3.05) is 5.32 Å². The van der Waals surface area contributed by atoms with Gasteiger partial charge >= 0.3 is 6.18 Å². The van der Waals surface area contributed by atoms with Crippen LogP contribution in [0, 0.1) is 6.92 Å². The topological polar surface area (TPSA) is 66.5 Å². The molecule has 2 aromatic heterocycles. The predicted octanol–water partition coefficient (Wildman–Crippen LogP) is 3.29. The lowest BCUT2D eigenvalue weighted by Crippen LogP contribution is -2.11. The smallest absolute Gasteiger partial charge is 0.347 e. The van der Waals surface area contributed by atoms with E-state index in [0.717, 1.165) is 28.9 Å². The normalized spacial score (nSPS) is 11.8. The highest BCUT2D eigenvalue weighted by molar-refractivity contribution is 5.78. The number of nitrogens with zero attached hydrogens (tertiary/aromatic N) is 3. The van der Waals surface area contributed by atoms with Gasteiger partial charge in [0.2, 0.25) is 5.95 Å². The lowest BCUT2D eigenvalue weighted by molar-refractivity contribution is -0.141. The maximum Gasteiger partial charge on any atom is 0.433 e. The van der Waals surface area contributed by atoms with E-state index in [4.69, 9.17) is 0 Å². The highest BCUT2D eigenvalue weighted by Gasteiger charge is 2.32. The minimum absolute atomic E-state index is 0.0907. The van der Waals surface area contributed by atoms with E-state index in [-0.39, 0.29) is 12.5 Å². The maximum absolute atomic E-state index is 12.6. The fourth-order valence-electron chi connectivity index (χ4n) is 2.07. The summed E-state index contributed by atoms with van der Waals surface area (Å²) in [6.45, 7) is 2.14. The van der Waals surface area contributed by atoms with Crippen LogP contribution in [0.5, 0.6) is 0 Å². The summed E-state index contributed by atoms with van der Waals surface area (Å²) in [6.07, 6.45) is -3.42. The van der Waals surface area contributed by atoms with Gasteiger partial charge in [-0.2, -0.15) is 13.2 Å². The maximum atomic E-state index is 12.6. The van der Waals surface area contributed by atoms with Gasteiger partial charge in [0.1, 0.15) is 11.5 Å². The van der Waals surface area contributed by atoms with Crippen LogP contribution in [0.2, 0.25) is 0 Å². The molecule has 3 rings (SSSR count). The molecule has 22 heavy (non-hydrogen) atoms. The molecule has 2 N–H and O–H groups in total. The lowest BCUT2D eigenvalue weighted by atomic mass is 10.2. The monoisotopic (exact) mass is 307 g/mol. The van der Waals surface area contributed by atoms with E-state index in [0.29, 0.717) is 5.82 Å². The molecule has 0 fully saturated rings. The van der Waals surface area contributed by atoms with Crippen molar-refractivity contribution >= 4 is 17.0 Å². The number of halogens is 3. The standard InChI is InChI=1S/C14H12F3N5/c1-8-3-2-4-9-12(8)22-11(20-9)7-19-13-18-6-5-10(21-13)14(15,16)17/h2-6H,7H2,1H3,(H,20,22)(H,18,19,21). The Morgan fingerprint density at radius 1 is 1.18 bits per heavy atom. The molecule has 3 aromatic rings. The van der Waals surface area contributed by atoms with Crippen molar-refractivity contribution in [1.82, 2.24) is 19.9 Å². The van der Waals surface area contributed by atoms with Crippen molar-refractivity contribution in [3.63, 3.8) is 0 Å². The summed E-state index contributed by atoms with van der Waals surface area (Å²) in [7, 11) is 0. The number of para-hydroxylation sites is 1. The van der Waals surface area contributed by atoms with E-state index in [1.807, 2.05) is 25.1 Å². The van der Waals surface area contributed by atoms with Crippen LogP contribution in [0.1, 0.15) is 17.1 Å². The Morgan fingerprint density at radius 3 is 2.73 bits per heavy atom. The Bertz CT molecular complexity index is 810. The Morgan fingerprint density at radius 2 is 2.00 bits per heavy atom. The third-order valence-corrected chi connectivity index (χ3v) is 3.12. The van der Waals surface area contributed by atoms with E-state index in [1.165, 1.54) is 0 Å². The van der Waals surface area contributed by atoms with Crippen LogP contribution >= 0.6 is 0 Å². The van der Waals surface area contributed by atoms with Gasteiger partial charge in [-0.25, -0.2) is 15.0 Å². The molecule has 2 heterocycles. The van der Waals surface area contributed by atoms with Crippen LogP contribution in [0.15, 0.2) is 30.5 Å². The number of aromatic amines is 1. The van der Waals surface area contributed by atoms with E-state index >= 15 is 0 Å². The Balaban J connectivity index is 1.78. The van der Waals surface area contributed by atoms with Gasteiger partial charge in [-0.3, -0.25) is 0 Å². The summed E-state index contributed by atoms with van der Waals surface area (Å²) in [6, 6.07) is 6.56. The second-order valence-corrected chi connectivity index (χ2v) is 4.77. The molecular weight excluding hydrogens is 295 g/mol. The molecule has 0 aliphatic rings. The second-order valence-electron chi connectivity index (χ2n) is 4.77. The first-order chi connectivity index (χ1) is 10.4. The highest BCUT2D eigenvalue weighted by atomic mass is 19.4. The summed E-state index contributed by atoms with van der Waals surface area (Å²) in [5.74, 6) is 0.511. The molecule has 0 spiro atoms. The molecule has 0 amide bonds. The fourth-order valence-corrected chi connectivity index (χ4v) is 2.07. The molecule has 0 atom stereocenters. The number of aromatic nitrogens is 4. The van der Waals surface area contributed by atoms with Crippen LogP contribution in [-0.2, 0) is 12.7 Å². The fraction of sp³-hybridized carbons (Fsp3) is 0.214. The van der Waals surface area contributed by atoms with Gasteiger partial charge in [0.15, 0.2) is 0 Å². The van der Waals surface area contributed by atoms with Gasteiger partial charge in [-0.1, -0.05) is 12.1 Å². The first kappa shape index (κ1) is 14.3. The molecule has 114 valence electrons. The van der Waals surface area contributed by atoms with Crippen molar-refractivity contribution < 1.29 is 13.2 Å². The summed E-state index contributed by atoms with van der Waals surface area (Å²) in [5.41, 5.74) is 1.76. The number of H-pyrrole nitrogens is 1. The van der Waals surface area contributed by atoms with Gasteiger partial charge < -0.3 is 10.3 Å². The van der Waals surface area contributed by atoms with E-state index in [1.54, 1.807) is 0 Å². The molecule has 0 unspecified atom stereocenters. The van der Waals surface area contributed by atoms with Gasteiger partial charge in [-0.15, -0.1) is 0 Å². The van der Waals surface area contributed by atoms with Crippen molar-refractivity contribution in [3.8, 4) is 0 Å². The number of nitrogens with one attached hydrogen (secondary N) is 2. The van der Waals surface area contributed by atoms with Crippen molar-refractivity contribution in [2.24, 2.45) is 0 Å². The van der Waals surface area contributed by atoms with E-state index in [2.05, 4.69) is 25.3 Å². The Kier molecular flexibility index (Phi) is 3.44. The third-order valence-electron chi connectivity index (χ3n) is 3.12. The lowest BCUT2D eigenvalue weighted by Gasteiger charge is -2.07. The third kappa shape index (κ3) is 2.85. The van der Waals surface area contributed by atoms with Crippen LogP contribution < -0.4 is 5.32 Å².